The van der Waals surface area contributed by atoms with Gasteiger partial charge in [-0.05, 0) is 25.0 Å². The van der Waals surface area contributed by atoms with E-state index in [1.54, 1.807) is 0 Å². The van der Waals surface area contributed by atoms with E-state index in [4.69, 9.17) is 9.15 Å². The highest BCUT2D eigenvalue weighted by Crippen LogP contribution is 2.30. The zero-order chi connectivity index (χ0) is 14.8. The summed E-state index contributed by atoms with van der Waals surface area (Å²) in [6, 6.07) is 5.75. The molecule has 1 aromatic heterocycles. The Hall–Kier alpha value is -2.77. The highest BCUT2D eigenvalue weighted by atomic mass is 16.6. The van der Waals surface area contributed by atoms with Gasteiger partial charge in [0.05, 0.1) is 10.8 Å². The highest BCUT2D eigenvalue weighted by molar-refractivity contribution is 5.74. The minimum Gasteiger partial charge on any atom is -0.455 e. The fourth-order valence-corrected chi connectivity index (χ4v) is 1.72. The molecule has 0 amide bonds. The number of carbonyl (C=O) groups is 1. The number of esters is 1. The molecule has 8 heteroatoms. The second-order valence-corrected chi connectivity index (χ2v) is 4.69. The fraction of sp³-hybridized carbons (Fsp3) is 0.308. The summed E-state index contributed by atoms with van der Waals surface area (Å²) < 4.78 is 10.4. The Kier molecular flexibility index (Phi) is 3.35. The summed E-state index contributed by atoms with van der Waals surface area (Å²) in [4.78, 5) is 21.5. The maximum atomic E-state index is 11.4. The van der Waals surface area contributed by atoms with Gasteiger partial charge in [-0.1, -0.05) is 0 Å². The first-order valence-corrected chi connectivity index (χ1v) is 6.37. The average Bonchev–Trinajstić information content (AvgIpc) is 3.24. The lowest BCUT2D eigenvalue weighted by atomic mass is 10.2. The number of aromatic nitrogens is 2. The normalized spacial score (nSPS) is 13.9. The molecule has 0 saturated heterocycles. The van der Waals surface area contributed by atoms with E-state index in [1.807, 2.05) is 0 Å². The van der Waals surface area contributed by atoms with Crippen molar-refractivity contribution in [1.29, 1.82) is 0 Å². The van der Waals surface area contributed by atoms with Crippen LogP contribution in [0.5, 0.6) is 0 Å². The van der Waals surface area contributed by atoms with E-state index >= 15 is 0 Å². The number of benzene rings is 1. The van der Waals surface area contributed by atoms with Crippen LogP contribution >= 0.6 is 0 Å². The third kappa shape index (κ3) is 3.04. The zero-order valence-electron chi connectivity index (χ0n) is 10.9. The smallest absolute Gasteiger partial charge is 0.309 e. The van der Waals surface area contributed by atoms with Gasteiger partial charge in [0.15, 0.2) is 6.61 Å². The van der Waals surface area contributed by atoms with Crippen molar-refractivity contribution in [1.82, 2.24) is 10.2 Å². The maximum absolute atomic E-state index is 11.4. The van der Waals surface area contributed by atoms with Gasteiger partial charge in [-0.3, -0.25) is 14.9 Å². The van der Waals surface area contributed by atoms with Crippen LogP contribution in [0.15, 0.2) is 28.7 Å². The first kappa shape index (κ1) is 13.2. The molecular weight excluding hydrogens is 278 g/mol. The molecule has 0 unspecified atom stereocenters. The van der Waals surface area contributed by atoms with Crippen molar-refractivity contribution in [3.63, 3.8) is 0 Å². The van der Waals surface area contributed by atoms with Crippen LogP contribution in [0.3, 0.4) is 0 Å². The average molecular weight is 289 g/mol. The minimum atomic E-state index is -0.486. The number of carbonyl (C=O) groups excluding carboxylic acids is 1. The van der Waals surface area contributed by atoms with Crippen molar-refractivity contribution >= 4 is 11.7 Å². The fourth-order valence-electron chi connectivity index (χ4n) is 1.72. The number of nitro benzene ring substituents is 1. The number of hydrogen-bond acceptors (Lipinski definition) is 7. The molecule has 2 aromatic rings. The van der Waals surface area contributed by atoms with Gasteiger partial charge in [-0.15, -0.1) is 10.2 Å². The number of ether oxygens (including phenoxy) is 1. The lowest BCUT2D eigenvalue weighted by molar-refractivity contribution is -0.384. The Morgan fingerprint density at radius 3 is 2.67 bits per heavy atom. The van der Waals surface area contributed by atoms with E-state index in [1.165, 1.54) is 24.3 Å². The van der Waals surface area contributed by atoms with Gasteiger partial charge in [0.1, 0.15) is 0 Å². The molecule has 1 aliphatic carbocycles. The Labute approximate surface area is 118 Å². The van der Waals surface area contributed by atoms with Crippen LogP contribution in [-0.2, 0) is 16.1 Å². The molecule has 3 rings (SSSR count). The summed E-state index contributed by atoms with van der Waals surface area (Å²) in [6.07, 6.45) is 1.74. The second-order valence-electron chi connectivity index (χ2n) is 4.69. The van der Waals surface area contributed by atoms with E-state index in [-0.39, 0.29) is 36.0 Å². The summed E-state index contributed by atoms with van der Waals surface area (Å²) in [5.74, 6) is 0.187. The van der Waals surface area contributed by atoms with Gasteiger partial charge in [-0.25, -0.2) is 0 Å². The van der Waals surface area contributed by atoms with Gasteiger partial charge in [0, 0.05) is 17.7 Å². The van der Waals surface area contributed by atoms with Crippen molar-refractivity contribution in [2.24, 2.45) is 5.92 Å². The van der Waals surface area contributed by atoms with Gasteiger partial charge >= 0.3 is 5.97 Å². The highest BCUT2D eigenvalue weighted by Gasteiger charge is 2.31. The van der Waals surface area contributed by atoms with E-state index in [0.717, 1.165) is 12.8 Å². The molecule has 1 saturated carbocycles. The van der Waals surface area contributed by atoms with Crippen LogP contribution in [0.1, 0.15) is 18.7 Å². The zero-order valence-corrected chi connectivity index (χ0v) is 10.9. The molecular formula is C13H11N3O5. The Morgan fingerprint density at radius 2 is 2.05 bits per heavy atom. The molecule has 0 atom stereocenters. The molecule has 1 aromatic carbocycles. The Balaban J connectivity index is 1.66. The monoisotopic (exact) mass is 289 g/mol. The van der Waals surface area contributed by atoms with Crippen LogP contribution in [0.2, 0.25) is 0 Å². The summed E-state index contributed by atoms with van der Waals surface area (Å²) in [5, 5.41) is 18.2. The predicted octanol–water partition coefficient (Wildman–Crippen LogP) is 2.10. The number of hydrogen-bond donors (Lipinski definition) is 0. The van der Waals surface area contributed by atoms with E-state index in [2.05, 4.69) is 10.2 Å². The van der Waals surface area contributed by atoms with Crippen LogP contribution in [0, 0.1) is 16.0 Å². The minimum absolute atomic E-state index is 0.0158. The van der Waals surface area contributed by atoms with Gasteiger partial charge in [0.25, 0.3) is 11.6 Å². The second kappa shape index (κ2) is 5.31. The van der Waals surface area contributed by atoms with Crippen molar-refractivity contribution in [3.05, 3.63) is 40.3 Å². The van der Waals surface area contributed by atoms with Gasteiger partial charge in [-0.2, -0.15) is 0 Å². The lowest BCUT2D eigenvalue weighted by Crippen LogP contribution is -2.06. The van der Waals surface area contributed by atoms with Gasteiger partial charge in [0.2, 0.25) is 5.89 Å². The Morgan fingerprint density at radius 1 is 1.33 bits per heavy atom. The number of rotatable bonds is 5. The van der Waals surface area contributed by atoms with E-state index in [0.29, 0.717) is 5.56 Å². The number of nitrogens with zero attached hydrogens (tertiary/aromatic N) is 3. The van der Waals surface area contributed by atoms with Crippen molar-refractivity contribution < 1.29 is 18.9 Å². The van der Waals surface area contributed by atoms with E-state index < -0.39 is 4.92 Å². The van der Waals surface area contributed by atoms with Crippen LogP contribution < -0.4 is 0 Å². The van der Waals surface area contributed by atoms with Crippen LogP contribution in [0.4, 0.5) is 5.69 Å². The van der Waals surface area contributed by atoms with Crippen molar-refractivity contribution in [2.45, 2.75) is 19.4 Å². The third-order valence-corrected chi connectivity index (χ3v) is 3.04. The van der Waals surface area contributed by atoms with Crippen LogP contribution in [-0.4, -0.2) is 21.1 Å². The summed E-state index contributed by atoms with van der Waals surface area (Å²) in [5.41, 5.74) is 0.546. The molecule has 0 N–H and O–H groups in total. The summed E-state index contributed by atoms with van der Waals surface area (Å²) >= 11 is 0. The maximum Gasteiger partial charge on any atom is 0.309 e. The molecule has 8 nitrogen and oxygen atoms in total. The molecule has 0 radical (unpaired) electrons. The molecule has 1 fully saturated rings. The number of non-ortho nitro benzene ring substituents is 1. The van der Waals surface area contributed by atoms with E-state index in [9.17, 15) is 14.9 Å². The first-order valence-electron chi connectivity index (χ1n) is 6.37. The molecule has 108 valence electrons. The SMILES string of the molecule is O=C(OCc1nnc(-c2ccc([N+](=O)[O-])cc2)o1)C1CC1. The van der Waals surface area contributed by atoms with Crippen molar-refractivity contribution in [3.8, 4) is 11.5 Å². The largest absolute Gasteiger partial charge is 0.455 e. The quantitative estimate of drug-likeness (QED) is 0.471. The molecule has 0 bridgehead atoms. The first-order chi connectivity index (χ1) is 10.1. The molecule has 1 heterocycles. The predicted molar refractivity (Wildman–Crippen MR) is 68.9 cm³/mol. The topological polar surface area (TPSA) is 108 Å². The molecule has 21 heavy (non-hydrogen) atoms. The summed E-state index contributed by atoms with van der Waals surface area (Å²) in [6.45, 7) is -0.0602. The number of nitro groups is 1. The van der Waals surface area contributed by atoms with Gasteiger partial charge < -0.3 is 9.15 Å². The van der Waals surface area contributed by atoms with Crippen LogP contribution in [0.25, 0.3) is 11.5 Å². The summed E-state index contributed by atoms with van der Waals surface area (Å²) in [7, 11) is 0. The molecule has 1 aliphatic rings. The standard InChI is InChI=1S/C13H11N3O5/c17-13(9-1-2-9)20-7-11-14-15-12(21-11)8-3-5-10(6-4-8)16(18)19/h3-6,9H,1-2,7H2. The molecule has 0 spiro atoms. The molecule has 0 aliphatic heterocycles. The third-order valence-electron chi connectivity index (χ3n) is 3.04. The Bertz CT molecular complexity index is 675. The van der Waals surface area contributed by atoms with Crippen molar-refractivity contribution in [2.75, 3.05) is 0 Å². The lowest BCUT2D eigenvalue weighted by Gasteiger charge is -1.98.